The van der Waals surface area contributed by atoms with Crippen LogP contribution in [0.5, 0.6) is 5.75 Å². The molecule has 1 heterocycles. The number of carbonyl (C=O) groups is 2. The number of ketones is 1. The number of aryl methyl sites for hydroxylation is 1. The number of aromatic amines is 1. The quantitative estimate of drug-likeness (QED) is 0.542. The second kappa shape index (κ2) is 8.87. The molecule has 0 saturated carbocycles. The van der Waals surface area contributed by atoms with Gasteiger partial charge in [-0.3, -0.25) is 4.79 Å². The fourth-order valence-electron chi connectivity index (χ4n) is 2.76. The molecule has 0 aliphatic rings. The number of carbonyl (C=O) groups excluding carboxylic acids is 2. The molecular weight excluding hydrogens is 356 g/mol. The van der Waals surface area contributed by atoms with Crippen LogP contribution in [0.2, 0.25) is 5.02 Å². The lowest BCUT2D eigenvalue weighted by Gasteiger charge is -2.14. The van der Waals surface area contributed by atoms with Crippen molar-refractivity contribution < 1.29 is 24.0 Å². The SMILES string of the molecule is COC(=O)c1c(C)[nH]c(C(=O)C[NH+](C)CCOc2ccc(Cl)cc2)c1C. The maximum Gasteiger partial charge on any atom is 0.339 e. The van der Waals surface area contributed by atoms with Crippen molar-refractivity contribution >= 4 is 23.4 Å². The maximum absolute atomic E-state index is 12.6. The highest BCUT2D eigenvalue weighted by atomic mass is 35.5. The summed E-state index contributed by atoms with van der Waals surface area (Å²) in [4.78, 5) is 28.4. The van der Waals surface area contributed by atoms with Gasteiger partial charge in [0.05, 0.1) is 25.4 Å². The minimum atomic E-state index is -0.438. The van der Waals surface area contributed by atoms with Gasteiger partial charge in [-0.2, -0.15) is 0 Å². The van der Waals surface area contributed by atoms with Gasteiger partial charge in [-0.1, -0.05) is 11.6 Å². The average Bonchev–Trinajstić information content (AvgIpc) is 2.90. The maximum atomic E-state index is 12.6. The first-order chi connectivity index (χ1) is 12.3. The molecule has 0 saturated heterocycles. The molecule has 1 aromatic carbocycles. The molecule has 2 rings (SSSR count). The summed E-state index contributed by atoms with van der Waals surface area (Å²) >= 11 is 5.84. The molecule has 0 bridgehead atoms. The fraction of sp³-hybridized carbons (Fsp3) is 0.368. The van der Waals surface area contributed by atoms with Crippen molar-refractivity contribution in [3.05, 3.63) is 51.8 Å². The van der Waals surface area contributed by atoms with Crippen LogP contribution in [0.4, 0.5) is 0 Å². The summed E-state index contributed by atoms with van der Waals surface area (Å²) in [6.07, 6.45) is 0. The van der Waals surface area contributed by atoms with Gasteiger partial charge in [0.25, 0.3) is 0 Å². The highest BCUT2D eigenvalue weighted by molar-refractivity contribution is 6.30. The zero-order valence-corrected chi connectivity index (χ0v) is 16.2. The smallest absolute Gasteiger partial charge is 0.339 e. The third-order valence-corrected chi connectivity index (χ3v) is 4.43. The van der Waals surface area contributed by atoms with Crippen LogP contribution in [0.25, 0.3) is 0 Å². The van der Waals surface area contributed by atoms with Crippen LogP contribution in [0.3, 0.4) is 0 Å². The van der Waals surface area contributed by atoms with Crippen LogP contribution in [-0.4, -0.2) is 50.6 Å². The number of quaternary nitrogens is 1. The van der Waals surface area contributed by atoms with Gasteiger partial charge in [-0.15, -0.1) is 0 Å². The van der Waals surface area contributed by atoms with Crippen LogP contribution in [0.1, 0.15) is 32.1 Å². The van der Waals surface area contributed by atoms with Gasteiger partial charge < -0.3 is 19.4 Å². The molecule has 1 aromatic heterocycles. The number of halogens is 1. The Morgan fingerprint density at radius 1 is 1.19 bits per heavy atom. The van der Waals surface area contributed by atoms with Crippen molar-refractivity contribution in [3.63, 3.8) is 0 Å². The molecule has 1 unspecified atom stereocenters. The van der Waals surface area contributed by atoms with E-state index in [4.69, 9.17) is 21.1 Å². The van der Waals surface area contributed by atoms with E-state index in [-0.39, 0.29) is 5.78 Å². The van der Waals surface area contributed by atoms with Crippen molar-refractivity contribution in [1.29, 1.82) is 0 Å². The van der Waals surface area contributed by atoms with E-state index in [9.17, 15) is 9.59 Å². The number of Topliss-reactive ketones (excluding diaryl/α,β-unsaturated/α-hetero) is 1. The number of methoxy groups -OCH3 is 1. The second-order valence-electron chi connectivity index (χ2n) is 6.23. The minimum Gasteiger partial charge on any atom is -0.488 e. The highest BCUT2D eigenvalue weighted by Gasteiger charge is 2.24. The first-order valence-corrected chi connectivity index (χ1v) is 8.71. The lowest BCUT2D eigenvalue weighted by molar-refractivity contribution is -0.870. The number of esters is 1. The zero-order chi connectivity index (χ0) is 19.3. The molecule has 0 aliphatic carbocycles. The van der Waals surface area contributed by atoms with E-state index in [1.165, 1.54) is 7.11 Å². The van der Waals surface area contributed by atoms with Crippen LogP contribution < -0.4 is 9.64 Å². The molecule has 2 aromatic rings. The van der Waals surface area contributed by atoms with Crippen molar-refractivity contribution in [2.24, 2.45) is 0 Å². The number of ether oxygens (including phenoxy) is 2. The summed E-state index contributed by atoms with van der Waals surface area (Å²) < 4.78 is 10.4. The number of likely N-dealkylation sites (N-methyl/N-ethyl adjacent to an activating group) is 1. The van der Waals surface area contributed by atoms with E-state index in [2.05, 4.69) is 4.98 Å². The van der Waals surface area contributed by atoms with Crippen molar-refractivity contribution in [2.45, 2.75) is 13.8 Å². The average molecular weight is 380 g/mol. The molecular formula is C19H24ClN2O4+. The largest absolute Gasteiger partial charge is 0.488 e. The minimum absolute atomic E-state index is 0.0512. The molecule has 0 fully saturated rings. The molecule has 26 heavy (non-hydrogen) atoms. The van der Waals surface area contributed by atoms with E-state index >= 15 is 0 Å². The number of benzene rings is 1. The molecule has 2 N–H and O–H groups in total. The number of hydrogen-bond donors (Lipinski definition) is 2. The zero-order valence-electron chi connectivity index (χ0n) is 15.4. The summed E-state index contributed by atoms with van der Waals surface area (Å²) in [5, 5.41) is 0.661. The molecule has 7 heteroatoms. The van der Waals surface area contributed by atoms with E-state index in [1.54, 1.807) is 26.0 Å². The monoisotopic (exact) mass is 379 g/mol. The summed E-state index contributed by atoms with van der Waals surface area (Å²) in [5.74, 6) is 0.254. The van der Waals surface area contributed by atoms with Crippen LogP contribution >= 0.6 is 11.6 Å². The normalized spacial score (nSPS) is 11.9. The topological polar surface area (TPSA) is 72.8 Å². The van der Waals surface area contributed by atoms with E-state index in [1.807, 2.05) is 19.2 Å². The van der Waals surface area contributed by atoms with Crippen molar-refractivity contribution in [3.8, 4) is 5.75 Å². The fourth-order valence-corrected chi connectivity index (χ4v) is 2.89. The summed E-state index contributed by atoms with van der Waals surface area (Å²) in [7, 11) is 3.25. The Morgan fingerprint density at radius 2 is 1.85 bits per heavy atom. The van der Waals surface area contributed by atoms with Gasteiger partial charge in [0, 0.05) is 10.7 Å². The number of aromatic nitrogens is 1. The van der Waals surface area contributed by atoms with Gasteiger partial charge in [0.15, 0.2) is 0 Å². The number of nitrogens with one attached hydrogen (secondary N) is 2. The van der Waals surface area contributed by atoms with Gasteiger partial charge >= 0.3 is 5.97 Å². The first-order valence-electron chi connectivity index (χ1n) is 8.33. The van der Waals surface area contributed by atoms with E-state index in [0.29, 0.717) is 47.2 Å². The van der Waals surface area contributed by atoms with Crippen LogP contribution in [-0.2, 0) is 4.74 Å². The first kappa shape index (κ1) is 20.0. The Morgan fingerprint density at radius 3 is 2.46 bits per heavy atom. The Kier molecular flexibility index (Phi) is 6.83. The molecule has 0 radical (unpaired) electrons. The van der Waals surface area contributed by atoms with E-state index < -0.39 is 5.97 Å². The van der Waals surface area contributed by atoms with Gasteiger partial charge in [0.2, 0.25) is 5.78 Å². The standard InChI is InChI=1S/C19H23ClN2O4/c1-12-17(19(24)25-4)13(2)21-18(12)16(23)11-22(3)9-10-26-15-7-5-14(20)6-8-15/h5-8,21H,9-11H2,1-4H3/p+1. The van der Waals surface area contributed by atoms with Crippen LogP contribution in [0.15, 0.2) is 24.3 Å². The van der Waals surface area contributed by atoms with Crippen molar-refractivity contribution in [1.82, 2.24) is 4.98 Å². The lowest BCUT2D eigenvalue weighted by atomic mass is 10.1. The second-order valence-corrected chi connectivity index (χ2v) is 6.66. The molecule has 6 nitrogen and oxygen atoms in total. The van der Waals surface area contributed by atoms with E-state index in [0.717, 1.165) is 10.6 Å². The van der Waals surface area contributed by atoms with Crippen LogP contribution in [0, 0.1) is 13.8 Å². The number of rotatable bonds is 8. The van der Waals surface area contributed by atoms with Gasteiger partial charge in [-0.05, 0) is 43.7 Å². The summed E-state index contributed by atoms with van der Waals surface area (Å²) in [6.45, 7) is 4.95. The summed E-state index contributed by atoms with van der Waals surface area (Å²) in [5.41, 5.74) is 2.16. The number of H-pyrrole nitrogens is 1. The predicted molar refractivity (Wildman–Crippen MR) is 99.5 cm³/mol. The Bertz CT molecular complexity index is 784. The van der Waals surface area contributed by atoms with Crippen molar-refractivity contribution in [2.75, 3.05) is 33.9 Å². The molecule has 1 atom stereocenters. The predicted octanol–water partition coefficient (Wildman–Crippen LogP) is 1.85. The number of hydrogen-bond acceptors (Lipinski definition) is 4. The Labute approximate surface area is 158 Å². The molecule has 140 valence electrons. The highest BCUT2D eigenvalue weighted by Crippen LogP contribution is 2.19. The van der Waals surface area contributed by atoms with Gasteiger partial charge in [-0.25, -0.2) is 4.79 Å². The van der Waals surface area contributed by atoms with Gasteiger partial charge in [0.1, 0.15) is 25.4 Å². The summed E-state index contributed by atoms with van der Waals surface area (Å²) in [6, 6.07) is 7.16. The third-order valence-electron chi connectivity index (χ3n) is 4.18. The Balaban J connectivity index is 1.90. The molecule has 0 aliphatic heterocycles. The molecule has 0 amide bonds. The third kappa shape index (κ3) is 4.86. The lowest BCUT2D eigenvalue weighted by Crippen LogP contribution is -3.10. The Hall–Kier alpha value is -2.31. The molecule has 0 spiro atoms.